The standard InChI is InChI=1S/C20H25N3O3/c1-26-13-3-11-22-10-2-8-20(19(22)25)9-12-23(15-20)18(24)17-6-4-16(14-21)5-7-17/h4-7H,2-3,8-13,15H2,1H3/t20-/m1/s1. The molecule has 3 rings (SSSR count). The Balaban J connectivity index is 1.67. The molecule has 0 unspecified atom stereocenters. The molecule has 0 aliphatic carbocycles. The van der Waals surface area contributed by atoms with E-state index in [2.05, 4.69) is 6.07 Å². The first-order valence-electron chi connectivity index (χ1n) is 9.17. The van der Waals surface area contributed by atoms with Gasteiger partial charge in [0.1, 0.15) is 0 Å². The van der Waals surface area contributed by atoms with Gasteiger partial charge in [-0.3, -0.25) is 9.59 Å². The van der Waals surface area contributed by atoms with E-state index in [-0.39, 0.29) is 11.8 Å². The van der Waals surface area contributed by atoms with Gasteiger partial charge in [0.2, 0.25) is 5.91 Å². The highest BCUT2D eigenvalue weighted by Crippen LogP contribution is 2.40. The Morgan fingerprint density at radius 1 is 1.27 bits per heavy atom. The zero-order chi connectivity index (χ0) is 18.6. The van der Waals surface area contributed by atoms with E-state index in [1.807, 2.05) is 4.90 Å². The Hall–Kier alpha value is -2.39. The smallest absolute Gasteiger partial charge is 0.253 e. The molecule has 1 aromatic carbocycles. The fourth-order valence-corrected chi connectivity index (χ4v) is 4.06. The summed E-state index contributed by atoms with van der Waals surface area (Å²) in [6.45, 7) is 3.27. The first kappa shape index (κ1) is 18.4. The van der Waals surface area contributed by atoms with Crippen LogP contribution < -0.4 is 0 Å². The Labute approximate surface area is 154 Å². The molecular formula is C20H25N3O3. The number of amides is 2. The molecule has 0 radical (unpaired) electrons. The molecule has 2 aliphatic rings. The van der Waals surface area contributed by atoms with Gasteiger partial charge in [0.05, 0.1) is 17.0 Å². The molecule has 1 aromatic rings. The number of likely N-dealkylation sites (tertiary alicyclic amines) is 2. The second-order valence-corrected chi connectivity index (χ2v) is 7.19. The van der Waals surface area contributed by atoms with E-state index in [0.717, 1.165) is 38.8 Å². The van der Waals surface area contributed by atoms with Crippen molar-refractivity contribution in [3.8, 4) is 6.07 Å². The van der Waals surface area contributed by atoms with E-state index in [1.54, 1.807) is 36.3 Å². The minimum atomic E-state index is -0.423. The lowest BCUT2D eigenvalue weighted by molar-refractivity contribution is -0.145. The average molecular weight is 355 g/mol. The summed E-state index contributed by atoms with van der Waals surface area (Å²) >= 11 is 0. The van der Waals surface area contributed by atoms with Crippen LogP contribution in [-0.4, -0.2) is 61.5 Å². The van der Waals surface area contributed by atoms with E-state index >= 15 is 0 Å². The topological polar surface area (TPSA) is 73.6 Å². The second-order valence-electron chi connectivity index (χ2n) is 7.19. The average Bonchev–Trinajstić information content (AvgIpc) is 3.10. The maximum Gasteiger partial charge on any atom is 0.253 e. The maximum atomic E-state index is 13.0. The lowest BCUT2D eigenvalue weighted by atomic mass is 9.78. The number of piperidine rings is 1. The first-order chi connectivity index (χ1) is 12.6. The summed E-state index contributed by atoms with van der Waals surface area (Å²) in [6.07, 6.45) is 3.40. The van der Waals surface area contributed by atoms with Crippen molar-refractivity contribution in [2.75, 3.05) is 39.9 Å². The monoisotopic (exact) mass is 355 g/mol. The molecule has 0 N–H and O–H groups in total. The van der Waals surface area contributed by atoms with Crippen LogP contribution in [0.3, 0.4) is 0 Å². The number of hydrogen-bond acceptors (Lipinski definition) is 4. The maximum absolute atomic E-state index is 13.0. The van der Waals surface area contributed by atoms with Crippen LogP contribution >= 0.6 is 0 Å². The van der Waals surface area contributed by atoms with E-state index in [4.69, 9.17) is 10.00 Å². The van der Waals surface area contributed by atoms with Crippen molar-refractivity contribution >= 4 is 11.8 Å². The molecule has 138 valence electrons. The lowest BCUT2D eigenvalue weighted by Crippen LogP contribution is -2.50. The molecule has 6 heteroatoms. The summed E-state index contributed by atoms with van der Waals surface area (Å²) < 4.78 is 5.09. The third-order valence-electron chi connectivity index (χ3n) is 5.50. The van der Waals surface area contributed by atoms with Crippen LogP contribution in [0, 0.1) is 16.7 Å². The quantitative estimate of drug-likeness (QED) is 0.758. The van der Waals surface area contributed by atoms with Crippen molar-refractivity contribution in [2.24, 2.45) is 5.41 Å². The Bertz CT molecular complexity index is 710. The third kappa shape index (κ3) is 3.58. The molecule has 26 heavy (non-hydrogen) atoms. The van der Waals surface area contributed by atoms with E-state index < -0.39 is 5.41 Å². The van der Waals surface area contributed by atoms with Gasteiger partial charge in [-0.1, -0.05) is 0 Å². The fourth-order valence-electron chi connectivity index (χ4n) is 4.06. The largest absolute Gasteiger partial charge is 0.385 e. The van der Waals surface area contributed by atoms with Gasteiger partial charge in [-0.2, -0.15) is 5.26 Å². The van der Waals surface area contributed by atoms with Gasteiger partial charge in [0.25, 0.3) is 5.91 Å². The predicted octanol–water partition coefficient (Wildman–Crippen LogP) is 2.05. The number of nitrogens with zero attached hydrogens (tertiary/aromatic N) is 3. The molecule has 2 heterocycles. The summed E-state index contributed by atoms with van der Waals surface area (Å²) in [6, 6.07) is 8.74. The summed E-state index contributed by atoms with van der Waals surface area (Å²) in [5.41, 5.74) is 0.683. The zero-order valence-corrected chi connectivity index (χ0v) is 15.2. The second kappa shape index (κ2) is 7.88. The van der Waals surface area contributed by atoms with E-state index in [1.165, 1.54) is 0 Å². The molecule has 1 spiro atoms. The highest BCUT2D eigenvalue weighted by molar-refractivity contribution is 5.95. The van der Waals surface area contributed by atoms with Gasteiger partial charge in [-0.05, 0) is 49.9 Å². The van der Waals surface area contributed by atoms with Crippen LogP contribution in [0.5, 0.6) is 0 Å². The van der Waals surface area contributed by atoms with Crippen molar-refractivity contribution < 1.29 is 14.3 Å². The molecule has 2 saturated heterocycles. The Kier molecular flexibility index (Phi) is 5.58. The van der Waals surface area contributed by atoms with Crippen molar-refractivity contribution in [1.29, 1.82) is 5.26 Å². The van der Waals surface area contributed by atoms with Crippen molar-refractivity contribution in [1.82, 2.24) is 9.80 Å². The number of carbonyl (C=O) groups excluding carboxylic acids is 2. The zero-order valence-electron chi connectivity index (χ0n) is 15.2. The van der Waals surface area contributed by atoms with Gasteiger partial charge in [0, 0.05) is 45.5 Å². The number of benzene rings is 1. The van der Waals surface area contributed by atoms with Crippen LogP contribution in [-0.2, 0) is 9.53 Å². The SMILES string of the molecule is COCCCN1CCC[C@]2(CCN(C(=O)c3ccc(C#N)cc3)C2)C1=O. The predicted molar refractivity (Wildman–Crippen MR) is 96.4 cm³/mol. The van der Waals surface area contributed by atoms with Crippen molar-refractivity contribution in [3.05, 3.63) is 35.4 Å². The highest BCUT2D eigenvalue weighted by Gasteiger charge is 2.49. The number of hydrogen-bond donors (Lipinski definition) is 0. The number of nitriles is 1. The van der Waals surface area contributed by atoms with Crippen molar-refractivity contribution in [2.45, 2.75) is 25.7 Å². The van der Waals surface area contributed by atoms with Crippen LogP contribution in [0.2, 0.25) is 0 Å². The first-order valence-corrected chi connectivity index (χ1v) is 9.17. The van der Waals surface area contributed by atoms with Crippen LogP contribution in [0.4, 0.5) is 0 Å². The van der Waals surface area contributed by atoms with E-state index in [0.29, 0.717) is 30.8 Å². The third-order valence-corrected chi connectivity index (χ3v) is 5.50. The molecule has 0 bridgehead atoms. The van der Waals surface area contributed by atoms with Crippen molar-refractivity contribution in [3.63, 3.8) is 0 Å². The summed E-state index contributed by atoms with van der Waals surface area (Å²) in [7, 11) is 1.67. The molecule has 2 amide bonds. The number of rotatable bonds is 5. The molecule has 2 fully saturated rings. The minimum Gasteiger partial charge on any atom is -0.385 e. The van der Waals surface area contributed by atoms with Gasteiger partial charge < -0.3 is 14.5 Å². The molecule has 0 aromatic heterocycles. The van der Waals surface area contributed by atoms with Gasteiger partial charge >= 0.3 is 0 Å². The number of methoxy groups -OCH3 is 1. The van der Waals surface area contributed by atoms with Crippen LogP contribution in [0.1, 0.15) is 41.6 Å². The van der Waals surface area contributed by atoms with Gasteiger partial charge in [-0.25, -0.2) is 0 Å². The van der Waals surface area contributed by atoms with Gasteiger partial charge in [-0.15, -0.1) is 0 Å². The fraction of sp³-hybridized carbons (Fsp3) is 0.550. The highest BCUT2D eigenvalue weighted by atomic mass is 16.5. The summed E-state index contributed by atoms with van der Waals surface area (Å²) in [5.74, 6) is 0.130. The summed E-state index contributed by atoms with van der Waals surface area (Å²) in [4.78, 5) is 29.5. The molecule has 1 atom stereocenters. The van der Waals surface area contributed by atoms with Crippen LogP contribution in [0.25, 0.3) is 0 Å². The minimum absolute atomic E-state index is 0.0596. The normalized spacial score (nSPS) is 22.7. The Morgan fingerprint density at radius 2 is 2.04 bits per heavy atom. The summed E-state index contributed by atoms with van der Waals surface area (Å²) in [5, 5.41) is 8.88. The number of carbonyl (C=O) groups is 2. The van der Waals surface area contributed by atoms with E-state index in [9.17, 15) is 9.59 Å². The molecule has 0 saturated carbocycles. The lowest BCUT2D eigenvalue weighted by Gasteiger charge is -2.39. The molecular weight excluding hydrogens is 330 g/mol. The van der Waals surface area contributed by atoms with Gasteiger partial charge in [0.15, 0.2) is 0 Å². The molecule has 6 nitrogen and oxygen atoms in total. The molecule has 2 aliphatic heterocycles. The Morgan fingerprint density at radius 3 is 2.73 bits per heavy atom. The number of ether oxygens (including phenoxy) is 1. The van der Waals surface area contributed by atoms with Crippen LogP contribution in [0.15, 0.2) is 24.3 Å².